The van der Waals surface area contributed by atoms with E-state index in [-0.39, 0.29) is 22.7 Å². The van der Waals surface area contributed by atoms with E-state index in [0.29, 0.717) is 22.7 Å². The first-order chi connectivity index (χ1) is 15.8. The van der Waals surface area contributed by atoms with Gasteiger partial charge in [0.2, 0.25) is 0 Å². The Morgan fingerprint density at radius 2 is 1.91 bits per heavy atom. The van der Waals surface area contributed by atoms with Gasteiger partial charge in [-0.15, -0.1) is 0 Å². The van der Waals surface area contributed by atoms with Crippen LogP contribution in [-0.2, 0) is 9.59 Å². The normalized spacial score (nSPS) is 18.7. The fourth-order valence-electron chi connectivity index (χ4n) is 4.24. The quantitative estimate of drug-likeness (QED) is 0.657. The summed E-state index contributed by atoms with van der Waals surface area (Å²) in [6.45, 7) is 4.64. The second kappa shape index (κ2) is 9.27. The molecule has 1 atom stereocenters. The number of carbonyl (C=O) groups is 3. The molecule has 2 aromatic carbocycles. The fraction of sp³-hybridized carbons (Fsp3) is 0.320. The number of imide groups is 1. The van der Waals surface area contributed by atoms with Gasteiger partial charge in [0.15, 0.2) is 0 Å². The Kier molecular flexibility index (Phi) is 6.42. The topological polar surface area (TPSA) is 79.0 Å². The summed E-state index contributed by atoms with van der Waals surface area (Å²) in [4.78, 5) is 42.0. The fourth-order valence-corrected chi connectivity index (χ4v) is 4.46. The van der Waals surface area contributed by atoms with Gasteiger partial charge in [-0.2, -0.15) is 0 Å². The van der Waals surface area contributed by atoms with Crippen LogP contribution in [0.5, 0.6) is 5.75 Å². The van der Waals surface area contributed by atoms with Crippen molar-refractivity contribution in [3.05, 3.63) is 64.3 Å². The standard InChI is InChI=1S/C25H26ClN3O4/c1-15-10-11-20(33-3)19(13-15)29-24(31)21(26)22(25(29)32)27-18-9-6-8-17(14-18)23(30)28-12-5-4-7-16(28)2/h6,8-11,13-14,16,27H,4-5,7,12H2,1-3H3. The number of rotatable bonds is 5. The van der Waals surface area contributed by atoms with Crippen molar-refractivity contribution in [1.29, 1.82) is 0 Å². The zero-order valence-electron chi connectivity index (χ0n) is 18.9. The van der Waals surface area contributed by atoms with Crippen molar-refractivity contribution in [3.8, 4) is 5.75 Å². The number of piperidine rings is 1. The maximum atomic E-state index is 13.2. The van der Waals surface area contributed by atoms with Crippen molar-refractivity contribution >= 4 is 40.7 Å². The van der Waals surface area contributed by atoms with Gasteiger partial charge in [0.25, 0.3) is 17.7 Å². The minimum atomic E-state index is -0.637. The number of methoxy groups -OCH3 is 1. The van der Waals surface area contributed by atoms with Crippen molar-refractivity contribution in [2.24, 2.45) is 0 Å². The second-order valence-electron chi connectivity index (χ2n) is 8.36. The summed E-state index contributed by atoms with van der Waals surface area (Å²) in [5, 5.41) is 2.74. The third-order valence-electron chi connectivity index (χ3n) is 6.05. The molecule has 2 aliphatic heterocycles. The first-order valence-corrected chi connectivity index (χ1v) is 11.3. The van der Waals surface area contributed by atoms with E-state index in [1.54, 1.807) is 36.4 Å². The highest BCUT2D eigenvalue weighted by Crippen LogP contribution is 2.36. The zero-order valence-corrected chi connectivity index (χ0v) is 19.6. The molecule has 4 rings (SSSR count). The Morgan fingerprint density at radius 3 is 2.64 bits per heavy atom. The van der Waals surface area contributed by atoms with E-state index in [1.807, 2.05) is 17.9 Å². The molecular formula is C25H26ClN3O4. The van der Waals surface area contributed by atoms with Crippen LogP contribution in [0.2, 0.25) is 0 Å². The molecule has 0 spiro atoms. The molecule has 33 heavy (non-hydrogen) atoms. The minimum absolute atomic E-state index is 0.0406. The Hall–Kier alpha value is -3.32. The van der Waals surface area contributed by atoms with Crippen LogP contribution in [0, 0.1) is 6.92 Å². The van der Waals surface area contributed by atoms with Gasteiger partial charge in [-0.1, -0.05) is 23.7 Å². The van der Waals surface area contributed by atoms with Gasteiger partial charge >= 0.3 is 0 Å². The number of halogens is 1. The lowest BCUT2D eigenvalue weighted by Crippen LogP contribution is -2.42. The summed E-state index contributed by atoms with van der Waals surface area (Å²) in [6, 6.07) is 12.3. The summed E-state index contributed by atoms with van der Waals surface area (Å²) in [7, 11) is 1.47. The van der Waals surface area contributed by atoms with Gasteiger partial charge in [-0.25, -0.2) is 4.90 Å². The first-order valence-electron chi connectivity index (χ1n) is 10.9. The minimum Gasteiger partial charge on any atom is -0.495 e. The molecule has 0 saturated carbocycles. The second-order valence-corrected chi connectivity index (χ2v) is 8.74. The Labute approximate surface area is 198 Å². The van der Waals surface area contributed by atoms with Crippen LogP contribution in [0.15, 0.2) is 53.2 Å². The van der Waals surface area contributed by atoms with E-state index in [2.05, 4.69) is 12.2 Å². The maximum Gasteiger partial charge on any atom is 0.283 e. The van der Waals surface area contributed by atoms with Gasteiger partial charge < -0.3 is 15.0 Å². The smallest absolute Gasteiger partial charge is 0.283 e. The molecule has 2 aliphatic rings. The number of benzene rings is 2. The molecule has 1 N–H and O–H groups in total. The van der Waals surface area contributed by atoms with Crippen LogP contribution in [0.1, 0.15) is 42.1 Å². The molecule has 7 nitrogen and oxygen atoms in total. The van der Waals surface area contributed by atoms with E-state index >= 15 is 0 Å². The summed E-state index contributed by atoms with van der Waals surface area (Å²) < 4.78 is 5.34. The molecule has 0 aromatic heterocycles. The number of nitrogens with zero attached hydrogens (tertiary/aromatic N) is 2. The highest BCUT2D eigenvalue weighted by molar-refractivity contribution is 6.53. The molecule has 0 aliphatic carbocycles. The molecule has 172 valence electrons. The number of amides is 3. The Morgan fingerprint density at radius 1 is 1.12 bits per heavy atom. The maximum absolute atomic E-state index is 13.2. The summed E-state index contributed by atoms with van der Waals surface area (Å²) in [5.41, 5.74) is 2.16. The number of hydrogen-bond acceptors (Lipinski definition) is 5. The van der Waals surface area contributed by atoms with Gasteiger partial charge in [-0.3, -0.25) is 14.4 Å². The van der Waals surface area contributed by atoms with Gasteiger partial charge in [0.1, 0.15) is 16.5 Å². The number of carbonyl (C=O) groups excluding carboxylic acids is 3. The van der Waals surface area contributed by atoms with Gasteiger partial charge in [-0.05, 0) is 69.0 Å². The molecular weight excluding hydrogens is 442 g/mol. The van der Waals surface area contributed by atoms with E-state index in [9.17, 15) is 14.4 Å². The lowest BCUT2D eigenvalue weighted by molar-refractivity contribution is -0.120. The van der Waals surface area contributed by atoms with Crippen LogP contribution >= 0.6 is 11.6 Å². The molecule has 0 bridgehead atoms. The highest BCUT2D eigenvalue weighted by Gasteiger charge is 2.40. The number of ether oxygens (including phenoxy) is 1. The van der Waals surface area contributed by atoms with Crippen molar-refractivity contribution in [3.63, 3.8) is 0 Å². The molecule has 2 heterocycles. The highest BCUT2D eigenvalue weighted by atomic mass is 35.5. The predicted molar refractivity (Wildman–Crippen MR) is 128 cm³/mol. The zero-order chi connectivity index (χ0) is 23.7. The molecule has 1 saturated heterocycles. The molecule has 0 radical (unpaired) electrons. The SMILES string of the molecule is COc1ccc(C)cc1N1C(=O)C(Cl)=C(Nc2cccc(C(=O)N3CCCCC3C)c2)C1=O. The third kappa shape index (κ3) is 4.33. The number of hydrogen-bond donors (Lipinski definition) is 1. The van der Waals surface area contributed by atoms with E-state index in [1.165, 1.54) is 7.11 Å². The van der Waals surface area contributed by atoms with Crippen LogP contribution in [-0.4, -0.2) is 42.3 Å². The van der Waals surface area contributed by atoms with Crippen molar-refractivity contribution in [1.82, 2.24) is 4.90 Å². The van der Waals surface area contributed by atoms with Crippen LogP contribution in [0.3, 0.4) is 0 Å². The molecule has 1 fully saturated rings. The van der Waals surface area contributed by atoms with E-state index in [4.69, 9.17) is 16.3 Å². The van der Waals surface area contributed by atoms with Crippen molar-refractivity contribution in [2.45, 2.75) is 39.2 Å². The van der Waals surface area contributed by atoms with E-state index < -0.39 is 11.8 Å². The third-order valence-corrected chi connectivity index (χ3v) is 6.40. The number of likely N-dealkylation sites (tertiary alicyclic amines) is 1. The molecule has 1 unspecified atom stereocenters. The van der Waals surface area contributed by atoms with E-state index in [0.717, 1.165) is 36.3 Å². The summed E-state index contributed by atoms with van der Waals surface area (Å²) in [6.07, 6.45) is 3.10. The first kappa shape index (κ1) is 22.9. The number of nitrogens with one attached hydrogen (secondary N) is 1. The predicted octanol–water partition coefficient (Wildman–Crippen LogP) is 4.45. The average molecular weight is 468 g/mol. The lowest BCUT2D eigenvalue weighted by atomic mass is 10.0. The molecule has 3 amide bonds. The monoisotopic (exact) mass is 467 g/mol. The number of aryl methyl sites for hydroxylation is 1. The van der Waals surface area contributed by atoms with Gasteiger partial charge in [0, 0.05) is 23.8 Å². The average Bonchev–Trinajstić information content (AvgIpc) is 3.02. The Bertz CT molecular complexity index is 1160. The van der Waals surface area contributed by atoms with Crippen molar-refractivity contribution in [2.75, 3.05) is 23.9 Å². The summed E-state index contributed by atoms with van der Waals surface area (Å²) >= 11 is 6.29. The lowest BCUT2D eigenvalue weighted by Gasteiger charge is -2.33. The largest absolute Gasteiger partial charge is 0.495 e. The molecule has 8 heteroatoms. The Balaban J connectivity index is 1.59. The van der Waals surface area contributed by atoms with Crippen LogP contribution in [0.25, 0.3) is 0 Å². The van der Waals surface area contributed by atoms with Crippen LogP contribution in [0.4, 0.5) is 11.4 Å². The van der Waals surface area contributed by atoms with Gasteiger partial charge in [0.05, 0.1) is 12.8 Å². The van der Waals surface area contributed by atoms with Crippen molar-refractivity contribution < 1.29 is 19.1 Å². The summed E-state index contributed by atoms with van der Waals surface area (Å²) in [5.74, 6) is -0.889. The number of anilines is 2. The molecule has 2 aromatic rings. The van der Waals surface area contributed by atoms with Crippen LogP contribution < -0.4 is 15.0 Å².